The van der Waals surface area contributed by atoms with Crippen molar-refractivity contribution >= 4 is 21.4 Å². The lowest BCUT2D eigenvalue weighted by Gasteiger charge is -2.05. The van der Waals surface area contributed by atoms with Crippen LogP contribution in [0.4, 0.5) is 4.39 Å². The molecule has 1 aromatic heterocycles. The Morgan fingerprint density at radius 3 is 3.00 bits per heavy atom. The molecule has 1 heterocycles. The molecule has 3 heteroatoms. The maximum absolute atomic E-state index is 13.0. The molecule has 2 aromatic rings. The Bertz CT molecular complexity index is 449. The molecule has 1 aromatic carbocycles. The lowest BCUT2D eigenvalue weighted by atomic mass is 10.1. The van der Waals surface area contributed by atoms with Gasteiger partial charge in [0.05, 0.1) is 6.10 Å². The Morgan fingerprint density at radius 2 is 2.29 bits per heavy atom. The molecule has 0 saturated heterocycles. The molecule has 0 spiro atoms. The zero-order valence-electron chi connectivity index (χ0n) is 7.83. The van der Waals surface area contributed by atoms with E-state index in [1.54, 1.807) is 6.07 Å². The van der Waals surface area contributed by atoms with Crippen LogP contribution in [0.2, 0.25) is 0 Å². The van der Waals surface area contributed by atoms with Gasteiger partial charge in [0, 0.05) is 10.1 Å². The Labute approximate surface area is 85.8 Å². The van der Waals surface area contributed by atoms with Gasteiger partial charge in [-0.05, 0) is 35.6 Å². The molecule has 14 heavy (non-hydrogen) atoms. The van der Waals surface area contributed by atoms with Crippen LogP contribution in [-0.4, -0.2) is 5.11 Å². The summed E-state index contributed by atoms with van der Waals surface area (Å²) in [5.41, 5.74) is 0.840. The second-order valence-corrected chi connectivity index (χ2v) is 4.17. The van der Waals surface area contributed by atoms with Gasteiger partial charge in [-0.3, -0.25) is 0 Å². The van der Waals surface area contributed by atoms with E-state index in [1.807, 2.05) is 12.3 Å². The van der Waals surface area contributed by atoms with E-state index in [2.05, 4.69) is 0 Å². The summed E-state index contributed by atoms with van der Waals surface area (Å²) < 4.78 is 14.0. The first-order valence-electron chi connectivity index (χ1n) is 4.57. The minimum atomic E-state index is -0.481. The normalized spacial score (nSPS) is 13.4. The zero-order valence-corrected chi connectivity index (χ0v) is 8.64. The minimum absolute atomic E-state index is 0.250. The molecule has 0 fully saturated rings. The number of benzene rings is 1. The number of fused-ring (bicyclic) bond motifs is 1. The van der Waals surface area contributed by atoms with Gasteiger partial charge in [-0.1, -0.05) is 6.92 Å². The highest BCUT2D eigenvalue weighted by molar-refractivity contribution is 7.17. The van der Waals surface area contributed by atoms with Crippen molar-refractivity contribution < 1.29 is 9.50 Å². The summed E-state index contributed by atoms with van der Waals surface area (Å²) in [4.78, 5) is 0. The van der Waals surface area contributed by atoms with Crippen LogP contribution in [0.5, 0.6) is 0 Å². The second-order valence-electron chi connectivity index (χ2n) is 3.26. The molecular formula is C11H11FOS. The van der Waals surface area contributed by atoms with Gasteiger partial charge in [0.15, 0.2) is 0 Å². The van der Waals surface area contributed by atoms with Gasteiger partial charge in [-0.25, -0.2) is 4.39 Å². The third-order valence-electron chi connectivity index (χ3n) is 2.31. The summed E-state index contributed by atoms with van der Waals surface area (Å²) in [5, 5.41) is 12.4. The molecule has 1 nitrogen and oxygen atoms in total. The highest BCUT2D eigenvalue weighted by Crippen LogP contribution is 2.31. The van der Waals surface area contributed by atoms with Crippen molar-refractivity contribution in [2.24, 2.45) is 0 Å². The van der Waals surface area contributed by atoms with Crippen LogP contribution in [0.25, 0.3) is 10.1 Å². The predicted octanol–water partition coefficient (Wildman–Crippen LogP) is 3.48. The lowest BCUT2D eigenvalue weighted by Crippen LogP contribution is -1.92. The first kappa shape index (κ1) is 9.62. The highest BCUT2D eigenvalue weighted by Gasteiger charge is 2.11. The molecule has 1 atom stereocenters. The fraction of sp³-hybridized carbons (Fsp3) is 0.273. The molecule has 0 aliphatic heterocycles. The number of hydrogen-bond acceptors (Lipinski definition) is 2. The van der Waals surface area contributed by atoms with Crippen LogP contribution in [0.1, 0.15) is 25.0 Å². The molecule has 1 unspecified atom stereocenters. The summed E-state index contributed by atoms with van der Waals surface area (Å²) in [6.45, 7) is 1.91. The molecule has 0 aliphatic rings. The van der Waals surface area contributed by atoms with Crippen LogP contribution >= 0.6 is 11.3 Å². The topological polar surface area (TPSA) is 20.2 Å². The lowest BCUT2D eigenvalue weighted by molar-refractivity contribution is 0.175. The minimum Gasteiger partial charge on any atom is -0.388 e. The van der Waals surface area contributed by atoms with Gasteiger partial charge < -0.3 is 5.11 Å². The van der Waals surface area contributed by atoms with Crippen LogP contribution in [0, 0.1) is 5.82 Å². The van der Waals surface area contributed by atoms with Crippen molar-refractivity contribution in [2.75, 3.05) is 0 Å². The Morgan fingerprint density at radius 1 is 1.50 bits per heavy atom. The first-order chi connectivity index (χ1) is 6.72. The van der Waals surface area contributed by atoms with Gasteiger partial charge in [0.25, 0.3) is 0 Å². The first-order valence-corrected chi connectivity index (χ1v) is 5.45. The van der Waals surface area contributed by atoms with Crippen LogP contribution in [0.15, 0.2) is 23.6 Å². The van der Waals surface area contributed by atoms with E-state index in [4.69, 9.17) is 0 Å². The van der Waals surface area contributed by atoms with E-state index in [0.717, 1.165) is 15.6 Å². The van der Waals surface area contributed by atoms with E-state index in [-0.39, 0.29) is 5.82 Å². The molecule has 74 valence electrons. The van der Waals surface area contributed by atoms with Gasteiger partial charge in [-0.15, -0.1) is 11.3 Å². The second kappa shape index (κ2) is 3.67. The largest absolute Gasteiger partial charge is 0.388 e. The fourth-order valence-electron chi connectivity index (χ4n) is 1.50. The summed E-state index contributed by atoms with van der Waals surface area (Å²) in [5.74, 6) is -0.250. The zero-order chi connectivity index (χ0) is 10.1. The SMILES string of the molecule is CCC(O)c1csc2ccc(F)cc12. The molecule has 0 amide bonds. The standard InChI is InChI=1S/C11H11FOS/c1-2-10(13)9-6-14-11-4-3-7(12)5-8(9)11/h3-6,10,13H,2H2,1H3. The molecule has 0 bridgehead atoms. The average molecular weight is 210 g/mol. The number of halogens is 1. The third-order valence-corrected chi connectivity index (χ3v) is 3.29. The summed E-state index contributed by atoms with van der Waals surface area (Å²) in [6, 6.07) is 4.68. The van der Waals surface area contributed by atoms with E-state index >= 15 is 0 Å². The number of thiophene rings is 1. The monoisotopic (exact) mass is 210 g/mol. The highest BCUT2D eigenvalue weighted by atomic mass is 32.1. The molecule has 1 N–H and O–H groups in total. The van der Waals surface area contributed by atoms with Crippen molar-refractivity contribution in [1.29, 1.82) is 0 Å². The number of hydrogen-bond donors (Lipinski definition) is 1. The third kappa shape index (κ3) is 1.53. The number of aliphatic hydroxyl groups excluding tert-OH is 1. The summed E-state index contributed by atoms with van der Waals surface area (Å²) in [6.07, 6.45) is 0.174. The molecular weight excluding hydrogens is 199 g/mol. The van der Waals surface area contributed by atoms with Crippen molar-refractivity contribution in [3.8, 4) is 0 Å². The van der Waals surface area contributed by atoms with E-state index in [9.17, 15) is 9.50 Å². The van der Waals surface area contributed by atoms with Gasteiger partial charge >= 0.3 is 0 Å². The van der Waals surface area contributed by atoms with E-state index in [1.165, 1.54) is 23.5 Å². The number of aliphatic hydroxyl groups is 1. The molecule has 0 aliphatic carbocycles. The van der Waals surface area contributed by atoms with Crippen molar-refractivity contribution in [3.63, 3.8) is 0 Å². The molecule has 0 radical (unpaired) electrons. The van der Waals surface area contributed by atoms with Crippen LogP contribution in [-0.2, 0) is 0 Å². The van der Waals surface area contributed by atoms with Crippen molar-refractivity contribution in [2.45, 2.75) is 19.4 Å². The summed E-state index contributed by atoms with van der Waals surface area (Å²) in [7, 11) is 0. The maximum Gasteiger partial charge on any atom is 0.123 e. The maximum atomic E-state index is 13.0. The quantitative estimate of drug-likeness (QED) is 0.804. The van der Waals surface area contributed by atoms with E-state index in [0.29, 0.717) is 6.42 Å². The van der Waals surface area contributed by atoms with Gasteiger partial charge in [-0.2, -0.15) is 0 Å². The van der Waals surface area contributed by atoms with Crippen LogP contribution in [0.3, 0.4) is 0 Å². The van der Waals surface area contributed by atoms with Gasteiger partial charge in [0.1, 0.15) is 5.82 Å². The van der Waals surface area contributed by atoms with E-state index < -0.39 is 6.10 Å². The summed E-state index contributed by atoms with van der Waals surface area (Å²) >= 11 is 1.54. The molecule has 2 rings (SSSR count). The molecule has 0 saturated carbocycles. The number of rotatable bonds is 2. The van der Waals surface area contributed by atoms with Crippen LogP contribution < -0.4 is 0 Å². The fourth-order valence-corrected chi connectivity index (χ4v) is 2.49. The predicted molar refractivity (Wildman–Crippen MR) is 57.0 cm³/mol. The smallest absolute Gasteiger partial charge is 0.123 e. The average Bonchev–Trinajstić information content (AvgIpc) is 2.59. The van der Waals surface area contributed by atoms with Gasteiger partial charge in [0.2, 0.25) is 0 Å². The Kier molecular flexibility index (Phi) is 2.52. The Balaban J connectivity index is 2.61. The van der Waals surface area contributed by atoms with Crippen molar-refractivity contribution in [1.82, 2.24) is 0 Å². The Hall–Kier alpha value is -0.930. The van der Waals surface area contributed by atoms with Crippen molar-refractivity contribution in [3.05, 3.63) is 35.0 Å².